The Morgan fingerprint density at radius 1 is 1.00 bits per heavy atom. The predicted molar refractivity (Wildman–Crippen MR) is 89.0 cm³/mol. The largest absolute Gasteiger partial charge is 0.314 e. The van der Waals surface area contributed by atoms with E-state index in [-0.39, 0.29) is 23.7 Å². The van der Waals surface area contributed by atoms with Crippen molar-refractivity contribution in [3.8, 4) is 0 Å². The Bertz CT molecular complexity index is 856. The summed E-state index contributed by atoms with van der Waals surface area (Å²) in [5.41, 5.74) is -0.207. The van der Waals surface area contributed by atoms with Crippen LogP contribution in [-0.4, -0.2) is 74.9 Å². The number of non-ortho nitro benzene ring substituents is 1. The molecule has 1 aromatic rings. The van der Waals surface area contributed by atoms with Crippen LogP contribution in [0.15, 0.2) is 29.2 Å². The van der Waals surface area contributed by atoms with Crippen LogP contribution in [0, 0.1) is 10.1 Å². The van der Waals surface area contributed by atoms with E-state index in [1.807, 2.05) is 0 Å². The molecule has 0 bridgehead atoms. The fourth-order valence-electron chi connectivity index (χ4n) is 2.78. The minimum absolute atomic E-state index is 0.0869. The number of sulfonamides is 2. The van der Waals surface area contributed by atoms with Crippen LogP contribution in [0.4, 0.5) is 5.69 Å². The van der Waals surface area contributed by atoms with Gasteiger partial charge in [-0.05, 0) is 12.1 Å². The molecule has 0 amide bonds. The van der Waals surface area contributed by atoms with Crippen molar-refractivity contribution in [2.24, 2.45) is 0 Å². The van der Waals surface area contributed by atoms with E-state index in [1.54, 1.807) is 0 Å². The molecule has 12 heteroatoms. The van der Waals surface area contributed by atoms with Crippen molar-refractivity contribution >= 4 is 25.7 Å². The highest BCUT2D eigenvalue weighted by Crippen LogP contribution is 2.27. The number of nitrogens with zero attached hydrogens (tertiary/aromatic N) is 3. The van der Waals surface area contributed by atoms with Gasteiger partial charge in [0, 0.05) is 51.4 Å². The molecule has 1 N–H and O–H groups in total. The molecule has 3 rings (SSSR count). The fourth-order valence-corrected chi connectivity index (χ4v) is 6.35. The van der Waals surface area contributed by atoms with Gasteiger partial charge in [0.1, 0.15) is 5.25 Å². The number of rotatable bonds is 5. The smallest absolute Gasteiger partial charge is 0.269 e. The third-order valence-electron chi connectivity index (χ3n) is 4.36. The van der Waals surface area contributed by atoms with Gasteiger partial charge in [-0.2, -0.15) is 8.61 Å². The number of benzene rings is 1. The summed E-state index contributed by atoms with van der Waals surface area (Å²) in [5.74, 6) is 0. The summed E-state index contributed by atoms with van der Waals surface area (Å²) in [6.07, 6.45) is 0. The van der Waals surface area contributed by atoms with Crippen molar-refractivity contribution in [1.82, 2.24) is 13.9 Å². The Morgan fingerprint density at radius 3 is 2.08 bits per heavy atom. The van der Waals surface area contributed by atoms with Crippen LogP contribution < -0.4 is 5.32 Å². The molecular formula is C13H18N4O6S2. The normalized spacial score (nSPS) is 21.0. The van der Waals surface area contributed by atoms with E-state index in [1.165, 1.54) is 4.31 Å². The van der Waals surface area contributed by atoms with Crippen LogP contribution in [0.25, 0.3) is 0 Å². The monoisotopic (exact) mass is 390 g/mol. The second-order valence-corrected chi connectivity index (χ2v) is 10.0. The number of nitro benzene ring substituents is 1. The van der Waals surface area contributed by atoms with Crippen molar-refractivity contribution in [3.63, 3.8) is 0 Å². The van der Waals surface area contributed by atoms with Gasteiger partial charge >= 0.3 is 0 Å². The summed E-state index contributed by atoms with van der Waals surface area (Å²) in [7, 11) is -7.37. The Labute approximate surface area is 145 Å². The van der Waals surface area contributed by atoms with Crippen LogP contribution in [0.5, 0.6) is 0 Å². The van der Waals surface area contributed by atoms with Gasteiger partial charge in [0.15, 0.2) is 0 Å². The molecule has 138 valence electrons. The lowest BCUT2D eigenvalue weighted by molar-refractivity contribution is -0.384. The summed E-state index contributed by atoms with van der Waals surface area (Å²) in [5, 5.41) is 13.0. The zero-order valence-corrected chi connectivity index (χ0v) is 14.9. The van der Waals surface area contributed by atoms with Crippen molar-refractivity contribution in [2.75, 3.05) is 39.3 Å². The quantitative estimate of drug-likeness (QED) is 0.515. The highest BCUT2D eigenvalue weighted by Gasteiger charge is 2.46. The van der Waals surface area contributed by atoms with Gasteiger partial charge in [0.05, 0.1) is 9.82 Å². The van der Waals surface area contributed by atoms with E-state index >= 15 is 0 Å². The Balaban J connectivity index is 1.69. The summed E-state index contributed by atoms with van der Waals surface area (Å²) in [6.45, 7) is 1.71. The third-order valence-corrected chi connectivity index (χ3v) is 8.43. The highest BCUT2D eigenvalue weighted by molar-refractivity contribution is 7.91. The van der Waals surface area contributed by atoms with Crippen LogP contribution in [-0.2, 0) is 20.0 Å². The molecular weight excluding hydrogens is 372 g/mol. The number of nitrogens with one attached hydrogen (secondary N) is 1. The fraction of sp³-hybridized carbons (Fsp3) is 0.538. The maximum absolute atomic E-state index is 12.5. The van der Waals surface area contributed by atoms with Gasteiger partial charge in [-0.25, -0.2) is 16.8 Å². The molecule has 2 aliphatic heterocycles. The van der Waals surface area contributed by atoms with E-state index in [0.29, 0.717) is 26.2 Å². The first-order valence-electron chi connectivity index (χ1n) is 7.67. The number of hydrogen-bond donors (Lipinski definition) is 1. The van der Waals surface area contributed by atoms with E-state index < -0.39 is 30.2 Å². The van der Waals surface area contributed by atoms with E-state index in [4.69, 9.17) is 0 Å². The molecule has 2 heterocycles. The minimum atomic E-state index is -3.85. The maximum atomic E-state index is 12.5. The zero-order valence-electron chi connectivity index (χ0n) is 13.2. The predicted octanol–water partition coefficient (Wildman–Crippen LogP) is -0.797. The Hall–Kier alpha value is -1.60. The molecule has 0 aromatic heterocycles. The molecule has 0 radical (unpaired) electrons. The zero-order chi connectivity index (χ0) is 18.2. The van der Waals surface area contributed by atoms with Crippen molar-refractivity contribution in [3.05, 3.63) is 34.4 Å². The molecule has 0 aliphatic carbocycles. The topological polar surface area (TPSA) is 130 Å². The van der Waals surface area contributed by atoms with Crippen LogP contribution in [0.2, 0.25) is 0 Å². The van der Waals surface area contributed by atoms with Crippen LogP contribution >= 0.6 is 0 Å². The average molecular weight is 390 g/mol. The van der Waals surface area contributed by atoms with Gasteiger partial charge in [-0.15, -0.1) is 0 Å². The van der Waals surface area contributed by atoms with Gasteiger partial charge < -0.3 is 5.32 Å². The second kappa shape index (κ2) is 6.61. The lowest BCUT2D eigenvalue weighted by Crippen LogP contribution is -2.61. The lowest BCUT2D eigenvalue weighted by atomic mass is 10.3. The molecule has 2 aliphatic rings. The Morgan fingerprint density at radius 2 is 1.56 bits per heavy atom. The molecule has 1 aromatic carbocycles. The van der Waals surface area contributed by atoms with Gasteiger partial charge in [-0.3, -0.25) is 10.1 Å². The highest BCUT2D eigenvalue weighted by atomic mass is 32.2. The molecule has 0 saturated carbocycles. The number of nitro groups is 1. The van der Waals surface area contributed by atoms with Crippen LogP contribution in [0.1, 0.15) is 0 Å². The first kappa shape index (κ1) is 18.2. The van der Waals surface area contributed by atoms with Gasteiger partial charge in [-0.1, -0.05) is 0 Å². The number of piperazine rings is 1. The van der Waals surface area contributed by atoms with Gasteiger partial charge in [0.2, 0.25) is 20.0 Å². The molecule has 25 heavy (non-hydrogen) atoms. The van der Waals surface area contributed by atoms with Crippen LogP contribution in [0.3, 0.4) is 0 Å². The average Bonchev–Trinajstić information content (AvgIpc) is 2.54. The molecule has 0 spiro atoms. The molecule has 2 fully saturated rings. The molecule has 2 saturated heterocycles. The van der Waals surface area contributed by atoms with Gasteiger partial charge in [0.25, 0.3) is 5.69 Å². The molecule has 10 nitrogen and oxygen atoms in total. The lowest BCUT2D eigenvalue weighted by Gasteiger charge is -2.40. The standard InChI is InChI=1S/C13H18N4O6S2/c18-17(19)11-1-3-12(4-2-11)24(20,21)16-9-13(10-16)25(22,23)15-7-5-14-6-8-15/h1-4,13-14H,5-10H2. The summed E-state index contributed by atoms with van der Waals surface area (Å²) >= 11 is 0. The first-order chi connectivity index (χ1) is 11.7. The third kappa shape index (κ3) is 3.40. The maximum Gasteiger partial charge on any atom is 0.269 e. The van der Waals surface area contributed by atoms with E-state index in [9.17, 15) is 26.9 Å². The van der Waals surface area contributed by atoms with Crippen molar-refractivity contribution in [1.29, 1.82) is 0 Å². The second-order valence-electron chi connectivity index (χ2n) is 5.89. The Kier molecular flexibility index (Phi) is 4.81. The van der Waals surface area contributed by atoms with Crippen molar-refractivity contribution in [2.45, 2.75) is 10.1 Å². The SMILES string of the molecule is O=[N+]([O-])c1ccc(S(=O)(=O)N2CC(S(=O)(=O)N3CCNCC3)C2)cc1. The van der Waals surface area contributed by atoms with E-state index in [2.05, 4.69) is 5.32 Å². The summed E-state index contributed by atoms with van der Waals surface area (Å²) in [4.78, 5) is 9.93. The minimum Gasteiger partial charge on any atom is -0.314 e. The first-order valence-corrected chi connectivity index (χ1v) is 10.6. The summed E-state index contributed by atoms with van der Waals surface area (Å²) in [6, 6.07) is 4.54. The molecule has 0 unspecified atom stereocenters. The van der Waals surface area contributed by atoms with E-state index in [0.717, 1.165) is 28.6 Å². The molecule has 0 atom stereocenters. The summed E-state index contributed by atoms with van der Waals surface area (Å²) < 4.78 is 52.4. The van der Waals surface area contributed by atoms with Crippen molar-refractivity contribution < 1.29 is 21.8 Å². The number of hydrogen-bond acceptors (Lipinski definition) is 7.